The van der Waals surface area contributed by atoms with Crippen molar-refractivity contribution in [3.05, 3.63) is 29.8 Å². The van der Waals surface area contributed by atoms with Gasteiger partial charge in [-0.3, -0.25) is 4.79 Å². The number of benzene rings is 1. The number of carboxylic acids is 1. The average Bonchev–Trinajstić information content (AvgIpc) is 2.34. The first-order chi connectivity index (χ1) is 9.07. The van der Waals surface area contributed by atoms with E-state index in [0.717, 1.165) is 11.3 Å². The van der Waals surface area contributed by atoms with Crippen LogP contribution in [0.15, 0.2) is 24.3 Å². The number of rotatable bonds is 6. The number of carboxylic acid groups (broad SMARTS) is 1. The summed E-state index contributed by atoms with van der Waals surface area (Å²) in [5.74, 6) is -0.192. The zero-order chi connectivity index (χ0) is 13.9. The predicted molar refractivity (Wildman–Crippen MR) is 70.3 cm³/mol. The summed E-state index contributed by atoms with van der Waals surface area (Å²) in [4.78, 5) is 10.9. The molecule has 0 amide bonds. The highest BCUT2D eigenvalue weighted by molar-refractivity contribution is 5.73. The van der Waals surface area contributed by atoms with E-state index in [9.17, 15) is 4.79 Å². The Morgan fingerprint density at radius 3 is 2.84 bits per heavy atom. The average molecular weight is 265 g/mol. The van der Waals surface area contributed by atoms with Gasteiger partial charge in [-0.2, -0.15) is 0 Å². The molecule has 0 saturated carbocycles. The molecule has 2 rings (SSSR count). The molecule has 1 fully saturated rings. The van der Waals surface area contributed by atoms with Crippen LogP contribution in [0.1, 0.15) is 18.9 Å². The fraction of sp³-hybridized carbons (Fsp3) is 0.500. The van der Waals surface area contributed by atoms with E-state index in [2.05, 4.69) is 0 Å². The second kappa shape index (κ2) is 5.59. The van der Waals surface area contributed by atoms with E-state index >= 15 is 0 Å². The third-order valence-electron chi connectivity index (χ3n) is 3.44. The van der Waals surface area contributed by atoms with Crippen LogP contribution in [0.4, 0.5) is 0 Å². The number of nitrogens with two attached hydrogens (primary N) is 1. The topological polar surface area (TPSA) is 81.8 Å². The molecule has 1 heterocycles. The van der Waals surface area contributed by atoms with Crippen LogP contribution >= 0.6 is 0 Å². The summed E-state index contributed by atoms with van der Waals surface area (Å²) in [5, 5.41) is 8.96. The normalized spacial score (nSPS) is 18.4. The van der Waals surface area contributed by atoms with Crippen LogP contribution in [0.25, 0.3) is 0 Å². The van der Waals surface area contributed by atoms with Gasteiger partial charge in [0.2, 0.25) is 0 Å². The van der Waals surface area contributed by atoms with Gasteiger partial charge in [-0.1, -0.05) is 12.1 Å². The predicted octanol–water partition coefficient (Wildman–Crippen LogP) is 1.16. The molecule has 0 aliphatic carbocycles. The molecule has 19 heavy (non-hydrogen) atoms. The lowest BCUT2D eigenvalue weighted by Gasteiger charge is -2.43. The number of aliphatic carboxylic acids is 1. The van der Waals surface area contributed by atoms with Gasteiger partial charge in [0.1, 0.15) is 11.8 Å². The molecule has 1 aromatic rings. The second-order valence-corrected chi connectivity index (χ2v) is 4.88. The Morgan fingerprint density at radius 1 is 1.58 bits per heavy atom. The first-order valence-corrected chi connectivity index (χ1v) is 6.37. The summed E-state index contributed by atoms with van der Waals surface area (Å²) in [5.41, 5.74) is 6.39. The quantitative estimate of drug-likeness (QED) is 0.806. The molecule has 1 saturated heterocycles. The molecule has 5 nitrogen and oxygen atoms in total. The van der Waals surface area contributed by atoms with Crippen molar-refractivity contribution in [2.24, 2.45) is 5.73 Å². The smallest absolute Gasteiger partial charge is 0.320 e. The van der Waals surface area contributed by atoms with Crippen LogP contribution in [0.5, 0.6) is 5.75 Å². The Hall–Kier alpha value is -1.59. The van der Waals surface area contributed by atoms with Crippen LogP contribution < -0.4 is 10.5 Å². The standard InChI is InChI=1S/C14H19NO4/c1-2-19-11-5-3-4-10(6-11)14(8-18-9-14)7-12(15)13(16)17/h3-6,12H,2,7-9,15H2,1H3,(H,16,17). The number of hydrogen-bond donors (Lipinski definition) is 2. The highest BCUT2D eigenvalue weighted by Crippen LogP contribution is 2.37. The lowest BCUT2D eigenvalue weighted by Crippen LogP contribution is -2.51. The molecule has 5 heteroatoms. The van der Waals surface area contributed by atoms with Crippen LogP contribution in [0.3, 0.4) is 0 Å². The Bertz CT molecular complexity index is 457. The fourth-order valence-corrected chi connectivity index (χ4v) is 2.34. The van der Waals surface area contributed by atoms with Crippen molar-refractivity contribution in [1.29, 1.82) is 0 Å². The number of hydrogen-bond acceptors (Lipinski definition) is 4. The van der Waals surface area contributed by atoms with Crippen molar-refractivity contribution in [2.45, 2.75) is 24.8 Å². The first-order valence-electron chi connectivity index (χ1n) is 6.37. The minimum atomic E-state index is -0.979. The van der Waals surface area contributed by atoms with E-state index in [4.69, 9.17) is 20.3 Å². The molecule has 0 radical (unpaired) electrons. The van der Waals surface area contributed by atoms with Gasteiger partial charge in [0, 0.05) is 5.41 Å². The molecular formula is C14H19NO4. The third kappa shape index (κ3) is 2.88. The Balaban J connectivity index is 2.21. The zero-order valence-corrected chi connectivity index (χ0v) is 11.0. The van der Waals surface area contributed by atoms with Crippen LogP contribution in [-0.2, 0) is 14.9 Å². The van der Waals surface area contributed by atoms with Gasteiger partial charge in [0.25, 0.3) is 0 Å². The van der Waals surface area contributed by atoms with Gasteiger partial charge >= 0.3 is 5.97 Å². The van der Waals surface area contributed by atoms with E-state index in [1.54, 1.807) is 0 Å². The zero-order valence-electron chi connectivity index (χ0n) is 11.0. The summed E-state index contributed by atoms with van der Waals surface area (Å²) in [6.45, 7) is 3.53. The Morgan fingerprint density at radius 2 is 2.32 bits per heavy atom. The molecule has 3 N–H and O–H groups in total. The summed E-state index contributed by atoms with van der Waals surface area (Å²) in [6.07, 6.45) is 0.373. The van der Waals surface area contributed by atoms with E-state index < -0.39 is 12.0 Å². The highest BCUT2D eigenvalue weighted by atomic mass is 16.5. The van der Waals surface area contributed by atoms with Crippen molar-refractivity contribution in [1.82, 2.24) is 0 Å². The Labute approximate surface area is 112 Å². The first kappa shape index (κ1) is 13.8. The van der Waals surface area contributed by atoms with Crippen LogP contribution in [-0.4, -0.2) is 36.9 Å². The summed E-state index contributed by atoms with van der Waals surface area (Å²) < 4.78 is 10.8. The van der Waals surface area contributed by atoms with Crippen molar-refractivity contribution in [2.75, 3.05) is 19.8 Å². The molecule has 0 spiro atoms. The highest BCUT2D eigenvalue weighted by Gasteiger charge is 2.43. The van der Waals surface area contributed by atoms with Crippen LogP contribution in [0, 0.1) is 0 Å². The van der Waals surface area contributed by atoms with Gasteiger partial charge in [0.15, 0.2) is 0 Å². The SMILES string of the molecule is CCOc1cccc(C2(CC(N)C(=O)O)COC2)c1. The fourth-order valence-electron chi connectivity index (χ4n) is 2.34. The molecule has 1 aliphatic rings. The number of carbonyl (C=O) groups is 1. The maximum Gasteiger partial charge on any atom is 0.320 e. The van der Waals surface area contributed by atoms with Gasteiger partial charge in [0.05, 0.1) is 19.8 Å². The molecule has 1 unspecified atom stereocenters. The Kier molecular flexibility index (Phi) is 4.07. The lowest BCUT2D eigenvalue weighted by molar-refractivity contribution is -0.141. The van der Waals surface area contributed by atoms with Crippen molar-refractivity contribution in [3.63, 3.8) is 0 Å². The lowest BCUT2D eigenvalue weighted by atomic mass is 9.74. The van der Waals surface area contributed by atoms with Crippen LogP contribution in [0.2, 0.25) is 0 Å². The summed E-state index contributed by atoms with van der Waals surface area (Å²) in [7, 11) is 0. The van der Waals surface area contributed by atoms with Gasteiger partial charge < -0.3 is 20.3 Å². The molecule has 1 aliphatic heterocycles. The maximum absolute atomic E-state index is 10.9. The van der Waals surface area contributed by atoms with E-state index in [-0.39, 0.29) is 5.41 Å². The van der Waals surface area contributed by atoms with Gasteiger partial charge in [-0.05, 0) is 31.0 Å². The second-order valence-electron chi connectivity index (χ2n) is 4.88. The monoisotopic (exact) mass is 265 g/mol. The maximum atomic E-state index is 10.9. The largest absolute Gasteiger partial charge is 0.494 e. The molecule has 1 atom stereocenters. The third-order valence-corrected chi connectivity index (χ3v) is 3.44. The summed E-state index contributed by atoms with van der Waals surface area (Å²) in [6, 6.07) is 6.84. The molecule has 0 aromatic heterocycles. The minimum absolute atomic E-state index is 0.301. The van der Waals surface area contributed by atoms with Crippen molar-refractivity contribution >= 4 is 5.97 Å². The molecule has 1 aromatic carbocycles. The minimum Gasteiger partial charge on any atom is -0.494 e. The van der Waals surface area contributed by atoms with Gasteiger partial charge in [-0.25, -0.2) is 0 Å². The van der Waals surface area contributed by atoms with Crippen molar-refractivity contribution < 1.29 is 19.4 Å². The van der Waals surface area contributed by atoms with E-state index in [1.165, 1.54) is 0 Å². The van der Waals surface area contributed by atoms with Gasteiger partial charge in [-0.15, -0.1) is 0 Å². The number of ether oxygens (including phenoxy) is 2. The van der Waals surface area contributed by atoms with E-state index in [0.29, 0.717) is 26.2 Å². The van der Waals surface area contributed by atoms with E-state index in [1.807, 2.05) is 31.2 Å². The molecular weight excluding hydrogens is 246 g/mol. The molecule has 0 bridgehead atoms. The summed E-state index contributed by atoms with van der Waals surface area (Å²) >= 11 is 0. The van der Waals surface area contributed by atoms with Crippen molar-refractivity contribution in [3.8, 4) is 5.75 Å². The molecule has 104 valence electrons.